The quantitative estimate of drug-likeness (QED) is 0.522. The third-order valence-electron chi connectivity index (χ3n) is 7.58. The van der Waals surface area contributed by atoms with Gasteiger partial charge in [-0.25, -0.2) is 4.39 Å². The molecule has 1 N–H and O–H groups in total. The second-order valence-electron chi connectivity index (χ2n) is 9.95. The van der Waals surface area contributed by atoms with Gasteiger partial charge in [0.25, 0.3) is 11.8 Å². The molecular formula is C29H33FN4O2. The van der Waals surface area contributed by atoms with Crippen molar-refractivity contribution in [2.24, 2.45) is 0 Å². The highest BCUT2D eigenvalue weighted by molar-refractivity contribution is 6.01. The minimum atomic E-state index is -1.66. The number of pyridine rings is 1. The van der Waals surface area contributed by atoms with Crippen LogP contribution in [0.15, 0.2) is 66.9 Å². The van der Waals surface area contributed by atoms with Gasteiger partial charge >= 0.3 is 0 Å². The summed E-state index contributed by atoms with van der Waals surface area (Å²) >= 11 is 0. The van der Waals surface area contributed by atoms with Crippen LogP contribution >= 0.6 is 0 Å². The molecule has 3 aromatic rings. The van der Waals surface area contributed by atoms with E-state index in [0.29, 0.717) is 11.4 Å². The van der Waals surface area contributed by atoms with Crippen molar-refractivity contribution < 1.29 is 14.0 Å². The van der Waals surface area contributed by atoms with Crippen molar-refractivity contribution in [3.63, 3.8) is 0 Å². The van der Waals surface area contributed by atoms with Crippen molar-refractivity contribution in [3.05, 3.63) is 78.2 Å². The molecule has 2 aliphatic rings. The van der Waals surface area contributed by atoms with Crippen molar-refractivity contribution >= 4 is 11.8 Å². The summed E-state index contributed by atoms with van der Waals surface area (Å²) in [7, 11) is 0. The molecule has 3 heterocycles. The van der Waals surface area contributed by atoms with Crippen LogP contribution in [0.1, 0.15) is 61.1 Å². The summed E-state index contributed by atoms with van der Waals surface area (Å²) < 4.78 is 17.1. The van der Waals surface area contributed by atoms with E-state index in [0.717, 1.165) is 49.8 Å². The maximum atomic E-state index is 15.3. The van der Waals surface area contributed by atoms with Crippen LogP contribution in [-0.4, -0.2) is 44.5 Å². The smallest absolute Gasteiger partial charge is 0.271 e. The fourth-order valence-electron chi connectivity index (χ4n) is 5.53. The number of halogens is 1. The fourth-order valence-corrected chi connectivity index (χ4v) is 5.53. The molecule has 6 nitrogen and oxygen atoms in total. The zero-order chi connectivity index (χ0) is 25.0. The van der Waals surface area contributed by atoms with Crippen LogP contribution in [-0.2, 0) is 17.9 Å². The largest absolute Gasteiger partial charge is 0.351 e. The Labute approximate surface area is 211 Å². The molecule has 1 fully saturated rings. The number of carbonyl (C=O) groups excluding carboxylic acids is 2. The topological polar surface area (TPSA) is 67.2 Å². The maximum Gasteiger partial charge on any atom is 0.271 e. The van der Waals surface area contributed by atoms with Crippen molar-refractivity contribution in [1.29, 1.82) is 0 Å². The molecule has 0 radical (unpaired) electrons. The van der Waals surface area contributed by atoms with E-state index in [-0.39, 0.29) is 25.0 Å². The predicted molar refractivity (Wildman–Crippen MR) is 137 cm³/mol. The van der Waals surface area contributed by atoms with E-state index in [1.54, 1.807) is 24.4 Å². The first kappa shape index (κ1) is 24.2. The maximum absolute atomic E-state index is 15.3. The van der Waals surface area contributed by atoms with Gasteiger partial charge in [0.2, 0.25) is 0 Å². The molecule has 2 aromatic heterocycles. The lowest BCUT2D eigenvalue weighted by Gasteiger charge is -2.45. The summed E-state index contributed by atoms with van der Waals surface area (Å²) in [6.45, 7) is -0.864. The fraction of sp³-hybridized carbons (Fsp3) is 0.414. The number of benzene rings is 1. The lowest BCUT2D eigenvalue weighted by molar-refractivity contribution is -0.136. The van der Waals surface area contributed by atoms with Crippen LogP contribution in [0, 0.1) is 0 Å². The van der Waals surface area contributed by atoms with Crippen LogP contribution in [0.25, 0.3) is 11.3 Å². The highest BCUT2D eigenvalue weighted by atomic mass is 19.1. The molecule has 1 saturated carbocycles. The number of nitrogens with one attached hydrogen (secondary N) is 1. The summed E-state index contributed by atoms with van der Waals surface area (Å²) in [5.41, 5.74) is 1.13. The van der Waals surface area contributed by atoms with E-state index in [2.05, 4.69) is 10.3 Å². The summed E-state index contributed by atoms with van der Waals surface area (Å²) in [6.07, 6.45) is 9.02. The Kier molecular flexibility index (Phi) is 7.16. The molecule has 0 spiro atoms. The predicted octanol–water partition coefficient (Wildman–Crippen LogP) is 5.14. The van der Waals surface area contributed by atoms with Gasteiger partial charge in [0.05, 0.1) is 18.8 Å². The van der Waals surface area contributed by atoms with Gasteiger partial charge in [-0.1, -0.05) is 68.5 Å². The number of hydrogen-bond donors (Lipinski definition) is 1. The number of nitrogens with zero attached hydrogens (tertiary/aromatic N) is 3. The zero-order valence-corrected chi connectivity index (χ0v) is 20.5. The molecule has 2 amide bonds. The number of hydrogen-bond acceptors (Lipinski definition) is 3. The van der Waals surface area contributed by atoms with E-state index in [1.807, 2.05) is 47.0 Å². The van der Waals surface area contributed by atoms with Crippen LogP contribution in [0.2, 0.25) is 0 Å². The van der Waals surface area contributed by atoms with Crippen LogP contribution in [0.5, 0.6) is 0 Å². The molecule has 36 heavy (non-hydrogen) atoms. The summed E-state index contributed by atoms with van der Waals surface area (Å²) in [6, 6.07) is 18.8. The number of alkyl halides is 1. The molecule has 1 aromatic carbocycles. The normalized spacial score (nSPS) is 20.9. The Balaban J connectivity index is 1.54. The number of rotatable bonds is 6. The monoisotopic (exact) mass is 488 g/mol. The molecule has 7 heteroatoms. The van der Waals surface area contributed by atoms with Gasteiger partial charge in [-0.2, -0.15) is 0 Å². The van der Waals surface area contributed by atoms with Crippen molar-refractivity contribution in [1.82, 2.24) is 19.8 Å². The van der Waals surface area contributed by atoms with Crippen molar-refractivity contribution in [2.45, 2.75) is 69.6 Å². The first-order valence-electron chi connectivity index (χ1n) is 13.0. The number of fused-ring (bicyclic) bond motifs is 1. The van der Waals surface area contributed by atoms with Crippen LogP contribution in [0.4, 0.5) is 4.39 Å². The highest BCUT2D eigenvalue weighted by Crippen LogP contribution is 2.35. The van der Waals surface area contributed by atoms with E-state index in [1.165, 1.54) is 11.3 Å². The molecule has 0 saturated heterocycles. The zero-order valence-electron chi connectivity index (χ0n) is 20.5. The molecule has 0 bridgehead atoms. The minimum absolute atomic E-state index is 0.00678. The first-order chi connectivity index (χ1) is 17.6. The SMILES string of the molecule is O=C1c2ccc(-c3ccccc3)n2CC(CF)(C(=O)NC2CCCCCCC2)N1Cc1ccccn1. The van der Waals surface area contributed by atoms with Gasteiger partial charge in [-0.3, -0.25) is 14.6 Å². The lowest BCUT2D eigenvalue weighted by atomic mass is 9.91. The number of carbonyl (C=O) groups is 2. The Morgan fingerprint density at radius 3 is 2.33 bits per heavy atom. The first-order valence-corrected chi connectivity index (χ1v) is 13.0. The van der Waals surface area contributed by atoms with E-state index >= 15 is 4.39 Å². The van der Waals surface area contributed by atoms with E-state index < -0.39 is 18.1 Å². The van der Waals surface area contributed by atoms with E-state index in [4.69, 9.17) is 0 Å². The van der Waals surface area contributed by atoms with Gasteiger partial charge in [0, 0.05) is 17.9 Å². The Morgan fingerprint density at radius 2 is 1.64 bits per heavy atom. The minimum Gasteiger partial charge on any atom is -0.351 e. The van der Waals surface area contributed by atoms with Gasteiger partial charge < -0.3 is 14.8 Å². The molecule has 5 rings (SSSR count). The Bertz CT molecular complexity index is 1190. The summed E-state index contributed by atoms with van der Waals surface area (Å²) in [4.78, 5) is 33.6. The van der Waals surface area contributed by atoms with Gasteiger partial charge in [-0.15, -0.1) is 0 Å². The van der Waals surface area contributed by atoms with Crippen molar-refractivity contribution in [2.75, 3.05) is 6.67 Å². The number of amides is 2. The van der Waals surface area contributed by atoms with Gasteiger partial charge in [0.15, 0.2) is 5.54 Å². The standard InChI is InChI=1S/C29H33FN4O2/c30-20-29(28(36)32-23-13-7-2-1-3-8-14-23)21-33-25(22-11-5-4-6-12-22)16-17-26(33)27(35)34(29)19-24-15-9-10-18-31-24/h4-6,9-12,15-18,23H,1-3,7-8,13-14,19-21H2,(H,32,36). The second kappa shape index (κ2) is 10.6. The van der Waals surface area contributed by atoms with Gasteiger partial charge in [-0.05, 0) is 42.7 Å². The van der Waals surface area contributed by atoms with Crippen LogP contribution in [0.3, 0.4) is 0 Å². The van der Waals surface area contributed by atoms with E-state index in [9.17, 15) is 9.59 Å². The lowest BCUT2D eigenvalue weighted by Crippen LogP contribution is -2.67. The molecule has 1 aliphatic carbocycles. The molecule has 1 unspecified atom stereocenters. The average molecular weight is 489 g/mol. The van der Waals surface area contributed by atoms with Crippen molar-refractivity contribution in [3.8, 4) is 11.3 Å². The number of aromatic nitrogens is 2. The molecule has 188 valence electrons. The summed E-state index contributed by atoms with van der Waals surface area (Å²) in [5, 5.41) is 3.16. The van der Waals surface area contributed by atoms with Crippen LogP contribution < -0.4 is 5.32 Å². The highest BCUT2D eigenvalue weighted by Gasteiger charge is 2.52. The van der Waals surface area contributed by atoms with Gasteiger partial charge in [0.1, 0.15) is 12.4 Å². The molecular weight excluding hydrogens is 455 g/mol. The third kappa shape index (κ3) is 4.66. The second-order valence-corrected chi connectivity index (χ2v) is 9.95. The third-order valence-corrected chi connectivity index (χ3v) is 7.58. The molecule has 1 atom stereocenters. The average Bonchev–Trinajstić information content (AvgIpc) is 3.32. The molecule has 1 aliphatic heterocycles. The Hall–Kier alpha value is -3.48. The summed E-state index contributed by atoms with van der Waals surface area (Å²) in [5.74, 6) is -0.780. The Morgan fingerprint density at radius 1 is 0.944 bits per heavy atom.